The van der Waals surface area contributed by atoms with Gasteiger partial charge in [0.15, 0.2) is 0 Å². The smallest absolute Gasteiger partial charge is 0.128 e. The van der Waals surface area contributed by atoms with Crippen LogP contribution in [-0.2, 0) is 4.74 Å². The second-order valence-electron chi connectivity index (χ2n) is 7.66. The van der Waals surface area contributed by atoms with E-state index in [1.807, 2.05) is 12.3 Å². The van der Waals surface area contributed by atoms with Crippen LogP contribution in [0.1, 0.15) is 6.42 Å². The molecule has 0 atom stereocenters. The summed E-state index contributed by atoms with van der Waals surface area (Å²) in [6.07, 6.45) is 3.02. The van der Waals surface area contributed by atoms with Gasteiger partial charge in [-0.2, -0.15) is 0 Å². The van der Waals surface area contributed by atoms with E-state index in [0.717, 1.165) is 79.5 Å². The topological polar surface area (TPSA) is 53.5 Å². The van der Waals surface area contributed by atoms with E-state index >= 15 is 0 Å². The van der Waals surface area contributed by atoms with Crippen molar-refractivity contribution in [2.75, 3.05) is 63.7 Å². The van der Waals surface area contributed by atoms with Crippen molar-refractivity contribution in [3.8, 4) is 11.3 Å². The van der Waals surface area contributed by atoms with Gasteiger partial charge in [0, 0.05) is 42.5 Å². The Morgan fingerprint density at radius 2 is 1.93 bits per heavy atom. The summed E-state index contributed by atoms with van der Waals surface area (Å²) in [4.78, 5) is 14.0. The van der Waals surface area contributed by atoms with E-state index in [4.69, 9.17) is 9.72 Å². The summed E-state index contributed by atoms with van der Waals surface area (Å²) in [5.41, 5.74) is 4.10. The molecule has 1 aliphatic rings. The van der Waals surface area contributed by atoms with E-state index in [1.54, 1.807) is 0 Å². The maximum Gasteiger partial charge on any atom is 0.128 e. The molecule has 0 aliphatic carbocycles. The molecule has 2 aromatic heterocycles. The van der Waals surface area contributed by atoms with Crippen LogP contribution < -0.4 is 10.2 Å². The highest BCUT2D eigenvalue weighted by Gasteiger charge is 2.13. The molecule has 152 valence electrons. The summed E-state index contributed by atoms with van der Waals surface area (Å²) < 4.78 is 5.43. The van der Waals surface area contributed by atoms with Gasteiger partial charge in [0.25, 0.3) is 0 Å². The Balaban J connectivity index is 1.58. The number of para-hydroxylation sites is 1. The Morgan fingerprint density at radius 1 is 1.10 bits per heavy atom. The van der Waals surface area contributed by atoms with Crippen molar-refractivity contribution < 1.29 is 4.74 Å². The van der Waals surface area contributed by atoms with E-state index in [2.05, 4.69) is 70.6 Å². The molecule has 1 aromatic carbocycles. The molecule has 1 saturated heterocycles. The van der Waals surface area contributed by atoms with Gasteiger partial charge >= 0.3 is 0 Å². The number of benzene rings is 1. The molecule has 0 radical (unpaired) electrons. The first kappa shape index (κ1) is 19.6. The molecule has 0 amide bonds. The van der Waals surface area contributed by atoms with Crippen LogP contribution in [0.5, 0.6) is 0 Å². The largest absolute Gasteiger partial charge is 0.384 e. The number of morpholine rings is 1. The lowest BCUT2D eigenvalue weighted by molar-refractivity contribution is 0.122. The Labute approximate surface area is 172 Å². The van der Waals surface area contributed by atoms with Crippen molar-refractivity contribution in [1.82, 2.24) is 14.9 Å². The highest BCUT2D eigenvalue weighted by atomic mass is 16.5. The number of nitrogens with one attached hydrogen (secondary N) is 1. The lowest BCUT2D eigenvalue weighted by atomic mass is 10.1. The van der Waals surface area contributed by atoms with Crippen LogP contribution in [0.3, 0.4) is 0 Å². The molecular weight excluding hydrogens is 362 g/mol. The van der Waals surface area contributed by atoms with E-state index < -0.39 is 0 Å². The molecule has 6 nitrogen and oxygen atoms in total. The maximum absolute atomic E-state index is 5.43. The minimum Gasteiger partial charge on any atom is -0.384 e. The van der Waals surface area contributed by atoms with Gasteiger partial charge in [-0.15, -0.1) is 0 Å². The minimum absolute atomic E-state index is 0.762. The zero-order chi connectivity index (χ0) is 20.1. The SMILES string of the molecule is CN(C)CCCNc1cc(-c2ccc(N3CCOCC3)nc2)nc2ccccc12. The Bertz CT molecular complexity index is 936. The summed E-state index contributed by atoms with van der Waals surface area (Å²) in [5, 5.41) is 4.76. The summed E-state index contributed by atoms with van der Waals surface area (Å²) >= 11 is 0. The quantitative estimate of drug-likeness (QED) is 0.622. The van der Waals surface area contributed by atoms with E-state index in [1.165, 1.54) is 0 Å². The van der Waals surface area contributed by atoms with Crippen molar-refractivity contribution in [1.29, 1.82) is 0 Å². The maximum atomic E-state index is 5.43. The zero-order valence-corrected chi connectivity index (χ0v) is 17.3. The summed E-state index contributed by atoms with van der Waals surface area (Å²) in [5.74, 6) is 1.000. The normalized spacial score (nSPS) is 14.5. The zero-order valence-electron chi connectivity index (χ0n) is 17.3. The van der Waals surface area contributed by atoms with Gasteiger partial charge in [0.2, 0.25) is 0 Å². The lowest BCUT2D eigenvalue weighted by Crippen LogP contribution is -2.36. The minimum atomic E-state index is 0.762. The molecular formula is C23H29N5O. The molecule has 1 aliphatic heterocycles. The highest BCUT2D eigenvalue weighted by molar-refractivity contribution is 5.93. The average molecular weight is 392 g/mol. The Hall–Kier alpha value is -2.70. The van der Waals surface area contributed by atoms with Crippen LogP contribution in [0.2, 0.25) is 0 Å². The first-order valence-electron chi connectivity index (χ1n) is 10.3. The van der Waals surface area contributed by atoms with Gasteiger partial charge in [-0.3, -0.25) is 0 Å². The van der Waals surface area contributed by atoms with Crippen molar-refractivity contribution >= 4 is 22.4 Å². The standard InChI is InChI=1S/C23H29N5O/c1-27(2)11-5-10-24-22-16-21(26-20-7-4-3-6-19(20)22)18-8-9-23(25-17-18)28-12-14-29-15-13-28/h3-4,6-9,16-17H,5,10-15H2,1-2H3,(H,24,26). The third-order valence-corrected chi connectivity index (χ3v) is 5.19. The Morgan fingerprint density at radius 3 is 2.69 bits per heavy atom. The van der Waals surface area contributed by atoms with Crippen LogP contribution in [0.4, 0.5) is 11.5 Å². The van der Waals surface area contributed by atoms with Crippen molar-refractivity contribution in [3.05, 3.63) is 48.7 Å². The molecule has 0 spiro atoms. The number of fused-ring (bicyclic) bond motifs is 1. The van der Waals surface area contributed by atoms with Gasteiger partial charge in [0.1, 0.15) is 5.82 Å². The first-order chi connectivity index (χ1) is 14.2. The molecule has 1 fully saturated rings. The number of hydrogen-bond acceptors (Lipinski definition) is 6. The van der Waals surface area contributed by atoms with Gasteiger partial charge < -0.3 is 19.9 Å². The van der Waals surface area contributed by atoms with Gasteiger partial charge in [-0.05, 0) is 51.3 Å². The van der Waals surface area contributed by atoms with E-state index in [0.29, 0.717) is 0 Å². The van der Waals surface area contributed by atoms with Crippen molar-refractivity contribution in [2.45, 2.75) is 6.42 Å². The number of anilines is 2. The molecule has 3 heterocycles. The number of nitrogens with zero attached hydrogens (tertiary/aromatic N) is 4. The fourth-order valence-electron chi connectivity index (χ4n) is 3.60. The molecule has 4 rings (SSSR count). The molecule has 29 heavy (non-hydrogen) atoms. The number of aromatic nitrogens is 2. The summed E-state index contributed by atoms with van der Waals surface area (Å²) in [6, 6.07) is 14.6. The third-order valence-electron chi connectivity index (χ3n) is 5.19. The van der Waals surface area contributed by atoms with Crippen LogP contribution in [0, 0.1) is 0 Å². The first-order valence-corrected chi connectivity index (χ1v) is 10.3. The van der Waals surface area contributed by atoms with Crippen LogP contribution in [-0.4, -0.2) is 68.4 Å². The number of hydrogen-bond donors (Lipinski definition) is 1. The molecule has 0 saturated carbocycles. The van der Waals surface area contributed by atoms with E-state index in [9.17, 15) is 0 Å². The van der Waals surface area contributed by atoms with Crippen LogP contribution >= 0.6 is 0 Å². The monoisotopic (exact) mass is 391 g/mol. The number of pyridine rings is 2. The van der Waals surface area contributed by atoms with E-state index in [-0.39, 0.29) is 0 Å². The highest BCUT2D eigenvalue weighted by Crippen LogP contribution is 2.28. The van der Waals surface area contributed by atoms with Crippen molar-refractivity contribution in [3.63, 3.8) is 0 Å². The predicted octanol–water partition coefficient (Wildman–Crippen LogP) is 3.50. The molecule has 0 bridgehead atoms. The van der Waals surface area contributed by atoms with Gasteiger partial charge in [-0.1, -0.05) is 18.2 Å². The Kier molecular flexibility index (Phi) is 6.22. The third kappa shape index (κ3) is 4.83. The van der Waals surface area contributed by atoms with Crippen LogP contribution in [0.25, 0.3) is 22.2 Å². The fourth-order valence-corrected chi connectivity index (χ4v) is 3.60. The second-order valence-corrected chi connectivity index (χ2v) is 7.66. The number of rotatable bonds is 7. The number of ether oxygens (including phenoxy) is 1. The molecule has 3 aromatic rings. The fraction of sp³-hybridized carbons (Fsp3) is 0.391. The predicted molar refractivity (Wildman–Crippen MR) is 120 cm³/mol. The van der Waals surface area contributed by atoms with Gasteiger partial charge in [0.05, 0.1) is 24.4 Å². The van der Waals surface area contributed by atoms with Crippen LogP contribution in [0.15, 0.2) is 48.7 Å². The van der Waals surface area contributed by atoms with Crippen molar-refractivity contribution in [2.24, 2.45) is 0 Å². The average Bonchev–Trinajstić information content (AvgIpc) is 2.77. The second kappa shape index (κ2) is 9.20. The molecule has 6 heteroatoms. The molecule has 0 unspecified atom stereocenters. The summed E-state index contributed by atoms with van der Waals surface area (Å²) in [6.45, 7) is 5.30. The molecule has 1 N–H and O–H groups in total. The van der Waals surface area contributed by atoms with Gasteiger partial charge in [-0.25, -0.2) is 9.97 Å². The summed E-state index contributed by atoms with van der Waals surface area (Å²) in [7, 11) is 4.21. The lowest BCUT2D eigenvalue weighted by Gasteiger charge is -2.27.